The van der Waals surface area contributed by atoms with Gasteiger partial charge in [-0.25, -0.2) is 0 Å². The Morgan fingerprint density at radius 1 is 1.42 bits per heavy atom. The van der Waals surface area contributed by atoms with E-state index >= 15 is 0 Å². The second kappa shape index (κ2) is 4.85. The van der Waals surface area contributed by atoms with Crippen molar-refractivity contribution >= 4 is 11.6 Å². The highest BCUT2D eigenvalue weighted by molar-refractivity contribution is 6.00. The summed E-state index contributed by atoms with van der Waals surface area (Å²) >= 11 is 0. The normalized spacial score (nSPS) is 16.1. The van der Waals surface area contributed by atoms with Gasteiger partial charge in [0, 0.05) is 13.6 Å². The lowest BCUT2D eigenvalue weighted by atomic mass is 10.0. The predicted octanol–water partition coefficient (Wildman–Crippen LogP) is 2.01. The number of nitrogens with zero attached hydrogens (tertiary/aromatic N) is 1. The summed E-state index contributed by atoms with van der Waals surface area (Å²) in [7, 11) is 3.43. The second-order valence-corrected chi connectivity index (χ2v) is 5.48. The molecule has 2 rings (SSSR count). The standard InChI is InChI=1S/C15H22N2O2/c1-10-7-11(2)13(19-4)12(8-10)17(3)14(18)15(9-16)5-6-15/h7-8H,5-6,9,16H2,1-4H3. The van der Waals surface area contributed by atoms with Gasteiger partial charge in [-0.1, -0.05) is 6.07 Å². The Kier molecular flexibility index (Phi) is 3.54. The first kappa shape index (κ1) is 13.9. The highest BCUT2D eigenvalue weighted by Crippen LogP contribution is 2.47. The first-order chi connectivity index (χ1) is 8.95. The third-order valence-corrected chi connectivity index (χ3v) is 3.97. The highest BCUT2D eigenvalue weighted by Gasteiger charge is 2.50. The molecule has 4 heteroatoms. The number of hydrogen-bond donors (Lipinski definition) is 1. The minimum absolute atomic E-state index is 0.0956. The molecule has 1 aliphatic rings. The minimum atomic E-state index is -0.336. The van der Waals surface area contributed by atoms with E-state index in [0.29, 0.717) is 6.54 Å². The Balaban J connectivity index is 2.38. The lowest BCUT2D eigenvalue weighted by Gasteiger charge is -2.25. The number of nitrogens with two attached hydrogens (primary N) is 1. The number of rotatable bonds is 4. The van der Waals surface area contributed by atoms with E-state index in [4.69, 9.17) is 10.5 Å². The molecule has 1 aromatic carbocycles. The average Bonchev–Trinajstić information content (AvgIpc) is 3.17. The molecule has 0 aliphatic heterocycles. The SMILES string of the molecule is COc1c(C)cc(C)cc1N(C)C(=O)C1(CN)CC1. The fourth-order valence-electron chi connectivity index (χ4n) is 2.57. The van der Waals surface area contributed by atoms with Crippen molar-refractivity contribution in [1.82, 2.24) is 0 Å². The summed E-state index contributed by atoms with van der Waals surface area (Å²) < 4.78 is 5.44. The highest BCUT2D eigenvalue weighted by atomic mass is 16.5. The molecule has 0 aromatic heterocycles. The van der Waals surface area contributed by atoms with Crippen molar-refractivity contribution in [2.45, 2.75) is 26.7 Å². The third-order valence-electron chi connectivity index (χ3n) is 3.97. The van der Waals surface area contributed by atoms with E-state index in [-0.39, 0.29) is 11.3 Å². The van der Waals surface area contributed by atoms with Gasteiger partial charge in [0.2, 0.25) is 5.91 Å². The molecule has 0 saturated heterocycles. The van der Waals surface area contributed by atoms with E-state index in [9.17, 15) is 4.79 Å². The fourth-order valence-corrected chi connectivity index (χ4v) is 2.57. The van der Waals surface area contributed by atoms with E-state index in [1.54, 1.807) is 19.1 Å². The summed E-state index contributed by atoms with van der Waals surface area (Å²) in [5.74, 6) is 0.854. The number of carbonyl (C=O) groups excluding carboxylic acids is 1. The molecule has 1 amide bonds. The van der Waals surface area contributed by atoms with Crippen LogP contribution in [0.4, 0.5) is 5.69 Å². The first-order valence-corrected chi connectivity index (χ1v) is 6.58. The second-order valence-electron chi connectivity index (χ2n) is 5.48. The number of aryl methyl sites for hydroxylation is 2. The molecule has 1 fully saturated rings. The van der Waals surface area contributed by atoms with Crippen molar-refractivity contribution in [3.8, 4) is 5.75 Å². The molecule has 1 aliphatic carbocycles. The predicted molar refractivity (Wildman–Crippen MR) is 76.6 cm³/mol. The van der Waals surface area contributed by atoms with Crippen molar-refractivity contribution in [2.24, 2.45) is 11.1 Å². The van der Waals surface area contributed by atoms with Gasteiger partial charge >= 0.3 is 0 Å². The van der Waals surface area contributed by atoms with Crippen LogP contribution in [0.2, 0.25) is 0 Å². The summed E-state index contributed by atoms with van der Waals surface area (Å²) in [5, 5.41) is 0. The maximum absolute atomic E-state index is 12.5. The van der Waals surface area contributed by atoms with Gasteiger partial charge in [0.1, 0.15) is 5.75 Å². The first-order valence-electron chi connectivity index (χ1n) is 6.58. The number of methoxy groups -OCH3 is 1. The summed E-state index contributed by atoms with van der Waals surface area (Å²) in [4.78, 5) is 14.2. The molecule has 0 unspecified atom stereocenters. The van der Waals surface area contributed by atoms with E-state index in [0.717, 1.165) is 35.4 Å². The topological polar surface area (TPSA) is 55.6 Å². The summed E-state index contributed by atoms with van der Waals surface area (Å²) in [6.07, 6.45) is 1.78. The fraction of sp³-hybridized carbons (Fsp3) is 0.533. The van der Waals surface area contributed by atoms with E-state index < -0.39 is 0 Å². The van der Waals surface area contributed by atoms with E-state index in [1.807, 2.05) is 19.9 Å². The summed E-state index contributed by atoms with van der Waals surface area (Å²) in [5.41, 5.74) is 8.38. The molecular weight excluding hydrogens is 240 g/mol. The Hall–Kier alpha value is -1.55. The van der Waals surface area contributed by atoms with Crippen LogP contribution in [0.5, 0.6) is 5.75 Å². The van der Waals surface area contributed by atoms with Gasteiger partial charge in [0.15, 0.2) is 0 Å². The molecule has 0 spiro atoms. The zero-order valence-electron chi connectivity index (χ0n) is 12.1. The molecule has 0 bridgehead atoms. The Morgan fingerprint density at radius 3 is 2.53 bits per heavy atom. The van der Waals surface area contributed by atoms with Crippen LogP contribution in [0.25, 0.3) is 0 Å². The van der Waals surface area contributed by atoms with Crippen molar-refractivity contribution in [2.75, 3.05) is 25.6 Å². The van der Waals surface area contributed by atoms with Gasteiger partial charge in [-0.15, -0.1) is 0 Å². The Bertz CT molecular complexity index is 507. The molecule has 1 saturated carbocycles. The smallest absolute Gasteiger partial charge is 0.234 e. The molecular formula is C15H22N2O2. The van der Waals surface area contributed by atoms with Crippen LogP contribution >= 0.6 is 0 Å². The maximum Gasteiger partial charge on any atom is 0.234 e. The molecule has 19 heavy (non-hydrogen) atoms. The van der Waals surface area contributed by atoms with Gasteiger partial charge in [-0.05, 0) is 43.9 Å². The molecule has 2 N–H and O–H groups in total. The number of carbonyl (C=O) groups is 1. The van der Waals surface area contributed by atoms with Crippen LogP contribution in [0.15, 0.2) is 12.1 Å². The summed E-state index contributed by atoms with van der Waals surface area (Å²) in [6, 6.07) is 4.03. The van der Waals surface area contributed by atoms with Crippen LogP contribution in [0.1, 0.15) is 24.0 Å². The van der Waals surface area contributed by atoms with E-state index in [1.165, 1.54) is 0 Å². The zero-order chi connectivity index (χ0) is 14.2. The van der Waals surface area contributed by atoms with Crippen LogP contribution in [0.3, 0.4) is 0 Å². The van der Waals surface area contributed by atoms with Crippen molar-refractivity contribution in [3.63, 3.8) is 0 Å². The van der Waals surface area contributed by atoms with Crippen LogP contribution in [-0.4, -0.2) is 26.6 Å². The average molecular weight is 262 g/mol. The van der Waals surface area contributed by atoms with Crippen molar-refractivity contribution < 1.29 is 9.53 Å². The number of ether oxygens (including phenoxy) is 1. The maximum atomic E-state index is 12.5. The third kappa shape index (κ3) is 2.32. The lowest BCUT2D eigenvalue weighted by Crippen LogP contribution is -2.38. The van der Waals surface area contributed by atoms with Crippen LogP contribution in [0, 0.1) is 19.3 Å². The number of hydrogen-bond acceptors (Lipinski definition) is 3. The van der Waals surface area contributed by atoms with Gasteiger partial charge in [-0.3, -0.25) is 4.79 Å². The molecule has 104 valence electrons. The Morgan fingerprint density at radius 2 is 2.05 bits per heavy atom. The molecule has 0 atom stereocenters. The number of amides is 1. The van der Waals surface area contributed by atoms with E-state index in [2.05, 4.69) is 6.07 Å². The zero-order valence-corrected chi connectivity index (χ0v) is 12.1. The largest absolute Gasteiger partial charge is 0.494 e. The van der Waals surface area contributed by atoms with Gasteiger partial charge in [0.25, 0.3) is 0 Å². The van der Waals surface area contributed by atoms with Gasteiger partial charge in [-0.2, -0.15) is 0 Å². The lowest BCUT2D eigenvalue weighted by molar-refractivity contribution is -0.123. The van der Waals surface area contributed by atoms with Crippen LogP contribution < -0.4 is 15.4 Å². The number of benzene rings is 1. The van der Waals surface area contributed by atoms with Crippen molar-refractivity contribution in [3.05, 3.63) is 23.3 Å². The molecule has 1 aromatic rings. The monoisotopic (exact) mass is 262 g/mol. The molecule has 0 radical (unpaired) electrons. The quantitative estimate of drug-likeness (QED) is 0.903. The minimum Gasteiger partial charge on any atom is -0.494 e. The van der Waals surface area contributed by atoms with Gasteiger partial charge in [0.05, 0.1) is 18.2 Å². The summed E-state index contributed by atoms with van der Waals surface area (Å²) in [6.45, 7) is 4.43. The molecule has 4 nitrogen and oxygen atoms in total. The van der Waals surface area contributed by atoms with Gasteiger partial charge < -0.3 is 15.4 Å². The van der Waals surface area contributed by atoms with Crippen LogP contribution in [-0.2, 0) is 4.79 Å². The molecule has 0 heterocycles. The number of anilines is 1. The Labute approximate surface area is 114 Å². The van der Waals surface area contributed by atoms with Crippen molar-refractivity contribution in [1.29, 1.82) is 0 Å².